The third-order valence-corrected chi connectivity index (χ3v) is 6.92. The normalized spacial score (nSPS) is 16.7. The second kappa shape index (κ2) is 9.34. The maximum Gasteiger partial charge on any atom is 0.250 e. The highest BCUT2D eigenvalue weighted by atomic mass is 32.2. The number of nitrogens with zero attached hydrogens (tertiary/aromatic N) is 2. The van der Waals surface area contributed by atoms with Crippen LogP contribution in [-0.2, 0) is 14.4 Å². The zero-order valence-corrected chi connectivity index (χ0v) is 19.2. The van der Waals surface area contributed by atoms with Crippen LogP contribution in [0.25, 0.3) is 0 Å². The predicted molar refractivity (Wildman–Crippen MR) is 128 cm³/mol. The number of amides is 3. The van der Waals surface area contributed by atoms with Crippen molar-refractivity contribution in [1.82, 2.24) is 4.90 Å². The van der Waals surface area contributed by atoms with Crippen molar-refractivity contribution in [1.29, 1.82) is 0 Å². The number of likely N-dealkylation sites (N-methyl/N-ethyl adjacent to an activating group) is 1. The first kappa shape index (κ1) is 22.4. The minimum absolute atomic E-state index is 0.0426. The lowest BCUT2D eigenvalue weighted by Crippen LogP contribution is -2.62. The Labute approximate surface area is 192 Å². The van der Waals surface area contributed by atoms with Crippen molar-refractivity contribution in [2.45, 2.75) is 36.1 Å². The number of para-hydroxylation sites is 3. The molecule has 0 unspecified atom stereocenters. The van der Waals surface area contributed by atoms with Gasteiger partial charge in [-0.2, -0.15) is 0 Å². The highest BCUT2D eigenvalue weighted by Gasteiger charge is 2.52. The molecule has 32 heavy (non-hydrogen) atoms. The Morgan fingerprint density at radius 2 is 1.78 bits per heavy atom. The lowest BCUT2D eigenvalue weighted by atomic mass is 9.89. The number of benzene rings is 2. The summed E-state index contributed by atoms with van der Waals surface area (Å²) in [6.45, 7) is 0.115. The number of rotatable bonds is 6. The Bertz CT molecular complexity index is 1040. The van der Waals surface area contributed by atoms with E-state index >= 15 is 0 Å². The summed E-state index contributed by atoms with van der Waals surface area (Å²) in [6, 6.07) is 15.0. The number of thioether (sulfide) groups is 1. The van der Waals surface area contributed by atoms with E-state index < -0.39 is 5.54 Å². The number of fused-ring (bicyclic) bond motifs is 1. The Hall–Kier alpha value is -2.84. The molecule has 0 bridgehead atoms. The highest BCUT2D eigenvalue weighted by molar-refractivity contribution is 7.98. The van der Waals surface area contributed by atoms with Crippen LogP contribution in [-0.4, -0.2) is 54.6 Å². The van der Waals surface area contributed by atoms with Gasteiger partial charge in [-0.1, -0.05) is 37.1 Å². The smallest absolute Gasteiger partial charge is 0.250 e. The van der Waals surface area contributed by atoms with Gasteiger partial charge in [0.25, 0.3) is 5.91 Å². The van der Waals surface area contributed by atoms with Crippen molar-refractivity contribution >= 4 is 46.5 Å². The first-order chi connectivity index (χ1) is 15.4. The van der Waals surface area contributed by atoms with Crippen LogP contribution in [0.15, 0.2) is 53.4 Å². The molecule has 3 amide bonds. The number of carbonyl (C=O) groups excluding carboxylic acids is 3. The van der Waals surface area contributed by atoms with E-state index in [2.05, 4.69) is 10.6 Å². The first-order valence-electron chi connectivity index (χ1n) is 10.8. The van der Waals surface area contributed by atoms with Gasteiger partial charge < -0.3 is 10.6 Å². The first-order valence-corrected chi connectivity index (χ1v) is 12.0. The summed E-state index contributed by atoms with van der Waals surface area (Å²) in [7, 11) is 1.75. The summed E-state index contributed by atoms with van der Waals surface area (Å²) in [5.41, 5.74) is 1.30. The van der Waals surface area contributed by atoms with Crippen LogP contribution >= 0.6 is 11.8 Å². The second-order valence-electron chi connectivity index (χ2n) is 8.36. The quantitative estimate of drug-likeness (QED) is 0.655. The molecule has 8 heteroatoms. The molecule has 0 radical (unpaired) electrons. The molecule has 1 saturated carbocycles. The molecule has 0 saturated heterocycles. The van der Waals surface area contributed by atoms with Crippen LogP contribution in [0.3, 0.4) is 0 Å². The largest absolute Gasteiger partial charge is 0.324 e. The third-order valence-electron chi connectivity index (χ3n) is 6.12. The minimum atomic E-state index is -0.841. The maximum absolute atomic E-state index is 13.5. The number of anilines is 3. The van der Waals surface area contributed by atoms with E-state index in [9.17, 15) is 14.4 Å². The number of hydrogen-bond acceptors (Lipinski definition) is 5. The van der Waals surface area contributed by atoms with E-state index in [4.69, 9.17) is 0 Å². The fourth-order valence-electron chi connectivity index (χ4n) is 4.67. The van der Waals surface area contributed by atoms with Crippen LogP contribution in [0.2, 0.25) is 0 Å². The molecular formula is C24H28N4O3S. The van der Waals surface area contributed by atoms with Crippen LogP contribution in [0.1, 0.15) is 25.7 Å². The summed E-state index contributed by atoms with van der Waals surface area (Å²) >= 11 is 1.56. The third kappa shape index (κ3) is 4.25. The van der Waals surface area contributed by atoms with Gasteiger partial charge in [-0.05, 0) is 50.4 Å². The molecule has 1 aliphatic carbocycles. The summed E-state index contributed by atoms with van der Waals surface area (Å²) < 4.78 is 0. The predicted octanol–water partition coefficient (Wildman–Crippen LogP) is 3.58. The van der Waals surface area contributed by atoms with Crippen molar-refractivity contribution in [2.24, 2.45) is 0 Å². The van der Waals surface area contributed by atoms with Crippen LogP contribution in [0, 0.1) is 0 Å². The van der Waals surface area contributed by atoms with Gasteiger partial charge >= 0.3 is 0 Å². The Balaban J connectivity index is 1.48. The van der Waals surface area contributed by atoms with Crippen molar-refractivity contribution < 1.29 is 14.4 Å². The molecule has 168 valence electrons. The van der Waals surface area contributed by atoms with E-state index in [1.54, 1.807) is 28.6 Å². The molecule has 2 aliphatic rings. The van der Waals surface area contributed by atoms with Gasteiger partial charge in [0.05, 0.1) is 30.2 Å². The average molecular weight is 453 g/mol. The van der Waals surface area contributed by atoms with Gasteiger partial charge in [-0.3, -0.25) is 24.2 Å². The van der Waals surface area contributed by atoms with Crippen molar-refractivity contribution in [3.63, 3.8) is 0 Å². The molecule has 2 aromatic carbocycles. The molecule has 2 aromatic rings. The Morgan fingerprint density at radius 3 is 2.53 bits per heavy atom. The van der Waals surface area contributed by atoms with Gasteiger partial charge in [0.1, 0.15) is 5.54 Å². The lowest BCUT2D eigenvalue weighted by Gasteiger charge is -2.44. The van der Waals surface area contributed by atoms with Gasteiger partial charge in [-0.15, -0.1) is 11.8 Å². The summed E-state index contributed by atoms with van der Waals surface area (Å²) in [5.74, 6) is -0.473. The second-order valence-corrected chi connectivity index (χ2v) is 9.21. The van der Waals surface area contributed by atoms with Crippen molar-refractivity contribution in [2.75, 3.05) is 41.9 Å². The van der Waals surface area contributed by atoms with Gasteiger partial charge in [-0.25, -0.2) is 0 Å². The molecular weight excluding hydrogens is 424 g/mol. The number of nitrogens with one attached hydrogen (secondary N) is 2. The number of carbonyl (C=O) groups is 3. The van der Waals surface area contributed by atoms with E-state index in [0.717, 1.165) is 29.1 Å². The molecule has 2 N–H and O–H groups in total. The Kier molecular flexibility index (Phi) is 6.53. The van der Waals surface area contributed by atoms with Gasteiger partial charge in [0.15, 0.2) is 0 Å². The molecule has 0 atom stereocenters. The fraction of sp³-hybridized carbons (Fsp3) is 0.375. The van der Waals surface area contributed by atoms with Crippen LogP contribution in [0.5, 0.6) is 0 Å². The monoisotopic (exact) mass is 452 g/mol. The molecule has 4 rings (SSSR count). The molecule has 1 aliphatic heterocycles. The van der Waals surface area contributed by atoms with E-state index in [1.165, 1.54) is 0 Å². The number of hydrogen-bond donors (Lipinski definition) is 2. The highest BCUT2D eigenvalue weighted by Crippen LogP contribution is 2.45. The summed E-state index contributed by atoms with van der Waals surface area (Å²) in [4.78, 5) is 43.5. The minimum Gasteiger partial charge on any atom is -0.324 e. The van der Waals surface area contributed by atoms with Crippen LogP contribution in [0.4, 0.5) is 17.1 Å². The lowest BCUT2D eigenvalue weighted by molar-refractivity contribution is -0.128. The molecule has 1 fully saturated rings. The van der Waals surface area contributed by atoms with E-state index in [0.29, 0.717) is 18.5 Å². The van der Waals surface area contributed by atoms with E-state index in [-0.39, 0.29) is 30.8 Å². The van der Waals surface area contributed by atoms with Gasteiger partial charge in [0.2, 0.25) is 11.8 Å². The van der Waals surface area contributed by atoms with Crippen molar-refractivity contribution in [3.05, 3.63) is 48.5 Å². The zero-order valence-electron chi connectivity index (χ0n) is 18.4. The Morgan fingerprint density at radius 1 is 1.09 bits per heavy atom. The molecule has 1 spiro atoms. The SMILES string of the molecule is CSc1ccccc1NC(=O)CN(C)CC(=O)N1c2ccccc2NC(=O)C12CCCC2. The molecule has 0 aromatic heterocycles. The van der Waals surface area contributed by atoms with Crippen LogP contribution < -0.4 is 15.5 Å². The standard InChI is InChI=1S/C24H28N4O3S/c1-27(15-21(29)25-18-10-4-6-12-20(18)32-2)16-22(30)28-19-11-5-3-9-17(19)26-23(31)24(28)13-7-8-14-24/h3-6,9-12H,7-8,13-16H2,1-2H3,(H,25,29)(H,26,31). The summed E-state index contributed by atoms with van der Waals surface area (Å²) in [5, 5.41) is 5.91. The topological polar surface area (TPSA) is 81.8 Å². The average Bonchev–Trinajstić information content (AvgIpc) is 3.25. The van der Waals surface area contributed by atoms with E-state index in [1.807, 2.05) is 54.8 Å². The summed E-state index contributed by atoms with van der Waals surface area (Å²) in [6.07, 6.45) is 5.07. The van der Waals surface area contributed by atoms with Crippen molar-refractivity contribution in [3.8, 4) is 0 Å². The molecule has 7 nitrogen and oxygen atoms in total. The zero-order chi connectivity index (χ0) is 22.7. The molecule has 1 heterocycles. The van der Waals surface area contributed by atoms with Gasteiger partial charge in [0, 0.05) is 4.90 Å². The maximum atomic E-state index is 13.5. The fourth-order valence-corrected chi connectivity index (χ4v) is 5.22.